The van der Waals surface area contributed by atoms with Crippen LogP contribution in [0.25, 0.3) is 11.0 Å². The Kier molecular flexibility index (Phi) is 3.35. The van der Waals surface area contributed by atoms with Crippen molar-refractivity contribution >= 4 is 11.0 Å². The van der Waals surface area contributed by atoms with Gasteiger partial charge >= 0.3 is 0 Å². The van der Waals surface area contributed by atoms with Gasteiger partial charge in [-0.05, 0) is 30.2 Å². The molecule has 0 saturated heterocycles. The van der Waals surface area contributed by atoms with Gasteiger partial charge in [-0.15, -0.1) is 0 Å². The van der Waals surface area contributed by atoms with Gasteiger partial charge in [0.2, 0.25) is 5.88 Å². The fraction of sp³-hybridized carbons (Fsp3) is 0.200. The van der Waals surface area contributed by atoms with Gasteiger partial charge in [0.15, 0.2) is 5.52 Å². The number of hydrogen-bond acceptors (Lipinski definition) is 4. The lowest BCUT2D eigenvalue weighted by molar-refractivity contribution is 0.299. The van der Waals surface area contributed by atoms with E-state index >= 15 is 0 Å². The summed E-state index contributed by atoms with van der Waals surface area (Å²) in [5.41, 5.74) is 2.80. The fourth-order valence-corrected chi connectivity index (χ4v) is 2.08. The Balaban J connectivity index is 1.89. The van der Waals surface area contributed by atoms with E-state index in [1.165, 1.54) is 0 Å². The molecule has 2 aromatic heterocycles. The van der Waals surface area contributed by atoms with E-state index in [-0.39, 0.29) is 6.61 Å². The Bertz CT molecular complexity index is 720. The summed E-state index contributed by atoms with van der Waals surface area (Å²) in [5.74, 6) is 1.20. The van der Waals surface area contributed by atoms with E-state index in [4.69, 9.17) is 9.84 Å². The van der Waals surface area contributed by atoms with Crippen LogP contribution in [0.1, 0.15) is 5.56 Å². The molecule has 5 heteroatoms. The SMILES string of the molecule is Cn1cnc2c(Oc3ccc(CCO)cc3)nccc21. The van der Waals surface area contributed by atoms with Crippen molar-refractivity contribution < 1.29 is 9.84 Å². The zero-order valence-electron chi connectivity index (χ0n) is 11.2. The number of pyridine rings is 1. The molecule has 0 bridgehead atoms. The number of aromatic nitrogens is 3. The lowest BCUT2D eigenvalue weighted by Crippen LogP contribution is -1.92. The minimum Gasteiger partial charge on any atom is -0.437 e. The van der Waals surface area contributed by atoms with E-state index in [9.17, 15) is 0 Å². The first-order valence-corrected chi connectivity index (χ1v) is 6.41. The standard InChI is InChI=1S/C15H15N3O2/c1-18-10-17-14-13(18)6-8-16-15(14)20-12-4-2-11(3-5-12)7-9-19/h2-6,8,10,19H,7,9H2,1H3. The van der Waals surface area contributed by atoms with Crippen LogP contribution in [0.4, 0.5) is 0 Å². The van der Waals surface area contributed by atoms with Gasteiger partial charge in [0.05, 0.1) is 11.8 Å². The molecule has 0 fully saturated rings. The molecule has 0 aliphatic heterocycles. The van der Waals surface area contributed by atoms with Gasteiger partial charge in [0.25, 0.3) is 0 Å². The third kappa shape index (κ3) is 2.35. The zero-order chi connectivity index (χ0) is 13.9. The Morgan fingerprint density at radius 1 is 1.15 bits per heavy atom. The third-order valence-electron chi connectivity index (χ3n) is 3.15. The maximum absolute atomic E-state index is 8.89. The van der Waals surface area contributed by atoms with Crippen molar-refractivity contribution in [3.05, 3.63) is 48.4 Å². The van der Waals surface area contributed by atoms with Crippen LogP contribution in [-0.2, 0) is 13.5 Å². The molecule has 0 atom stereocenters. The smallest absolute Gasteiger partial charge is 0.247 e. The summed E-state index contributed by atoms with van der Waals surface area (Å²) in [5, 5.41) is 8.89. The van der Waals surface area contributed by atoms with E-state index < -0.39 is 0 Å². The summed E-state index contributed by atoms with van der Waals surface area (Å²) in [6, 6.07) is 9.51. The number of rotatable bonds is 4. The van der Waals surface area contributed by atoms with Crippen molar-refractivity contribution in [3.8, 4) is 11.6 Å². The van der Waals surface area contributed by atoms with Gasteiger partial charge in [-0.3, -0.25) is 0 Å². The first kappa shape index (κ1) is 12.6. The Hall–Kier alpha value is -2.40. The number of aliphatic hydroxyl groups excluding tert-OH is 1. The van der Waals surface area contributed by atoms with Gasteiger partial charge in [-0.25, -0.2) is 9.97 Å². The Morgan fingerprint density at radius 3 is 2.70 bits per heavy atom. The van der Waals surface area contributed by atoms with Crippen molar-refractivity contribution in [3.63, 3.8) is 0 Å². The van der Waals surface area contributed by atoms with Crippen molar-refractivity contribution in [2.24, 2.45) is 7.05 Å². The molecule has 1 aromatic carbocycles. The van der Waals surface area contributed by atoms with E-state index in [2.05, 4.69) is 9.97 Å². The average molecular weight is 269 g/mol. The topological polar surface area (TPSA) is 60.2 Å². The summed E-state index contributed by atoms with van der Waals surface area (Å²) in [6.07, 6.45) is 4.09. The van der Waals surface area contributed by atoms with Gasteiger partial charge in [0, 0.05) is 19.9 Å². The fourth-order valence-electron chi connectivity index (χ4n) is 2.08. The molecule has 3 rings (SSSR count). The molecule has 0 radical (unpaired) electrons. The number of fused-ring (bicyclic) bond motifs is 1. The summed E-state index contributed by atoms with van der Waals surface area (Å²) >= 11 is 0. The van der Waals surface area contributed by atoms with Gasteiger partial charge < -0.3 is 14.4 Å². The van der Waals surface area contributed by atoms with Crippen LogP contribution < -0.4 is 4.74 Å². The average Bonchev–Trinajstić information content (AvgIpc) is 2.84. The van der Waals surface area contributed by atoms with Crippen LogP contribution in [-0.4, -0.2) is 26.2 Å². The van der Waals surface area contributed by atoms with Crippen molar-refractivity contribution in [1.82, 2.24) is 14.5 Å². The highest BCUT2D eigenvalue weighted by Crippen LogP contribution is 2.26. The summed E-state index contributed by atoms with van der Waals surface area (Å²) in [4.78, 5) is 8.54. The molecule has 0 aliphatic carbocycles. The molecular formula is C15H15N3O2. The van der Waals surface area contributed by atoms with E-state index in [0.29, 0.717) is 18.1 Å². The molecule has 102 valence electrons. The van der Waals surface area contributed by atoms with E-state index in [1.54, 1.807) is 12.5 Å². The maximum atomic E-state index is 8.89. The monoisotopic (exact) mass is 269 g/mol. The number of imidazole rings is 1. The van der Waals surface area contributed by atoms with Crippen molar-refractivity contribution in [2.75, 3.05) is 6.61 Å². The van der Waals surface area contributed by atoms with Crippen molar-refractivity contribution in [1.29, 1.82) is 0 Å². The summed E-state index contributed by atoms with van der Waals surface area (Å²) in [7, 11) is 1.93. The largest absolute Gasteiger partial charge is 0.437 e. The first-order valence-electron chi connectivity index (χ1n) is 6.41. The molecule has 0 saturated carbocycles. The molecule has 0 spiro atoms. The minimum absolute atomic E-state index is 0.148. The molecule has 3 aromatic rings. The number of aliphatic hydroxyl groups is 1. The number of hydrogen-bond donors (Lipinski definition) is 1. The quantitative estimate of drug-likeness (QED) is 0.789. The number of nitrogens with zero attached hydrogens (tertiary/aromatic N) is 3. The highest BCUT2D eigenvalue weighted by Gasteiger charge is 2.08. The molecule has 5 nitrogen and oxygen atoms in total. The number of aryl methyl sites for hydroxylation is 1. The van der Waals surface area contributed by atoms with Crippen LogP contribution in [0.2, 0.25) is 0 Å². The normalized spacial score (nSPS) is 10.9. The molecule has 0 aliphatic rings. The summed E-state index contributed by atoms with van der Waals surface area (Å²) < 4.78 is 7.71. The van der Waals surface area contributed by atoms with Crippen LogP contribution >= 0.6 is 0 Å². The predicted molar refractivity (Wildman–Crippen MR) is 75.8 cm³/mol. The van der Waals surface area contributed by atoms with Crippen LogP contribution in [0.5, 0.6) is 11.6 Å². The Morgan fingerprint density at radius 2 is 1.95 bits per heavy atom. The van der Waals surface area contributed by atoms with Crippen LogP contribution in [0, 0.1) is 0 Å². The van der Waals surface area contributed by atoms with Gasteiger partial charge in [0.1, 0.15) is 5.75 Å². The lowest BCUT2D eigenvalue weighted by Gasteiger charge is -2.06. The van der Waals surface area contributed by atoms with Crippen molar-refractivity contribution in [2.45, 2.75) is 6.42 Å². The molecule has 1 N–H and O–H groups in total. The van der Waals surface area contributed by atoms with E-state index in [1.807, 2.05) is 41.9 Å². The summed E-state index contributed by atoms with van der Waals surface area (Å²) in [6.45, 7) is 0.148. The van der Waals surface area contributed by atoms with Gasteiger partial charge in [-0.1, -0.05) is 12.1 Å². The molecule has 0 unspecified atom stereocenters. The second-order valence-electron chi connectivity index (χ2n) is 4.56. The highest BCUT2D eigenvalue weighted by atomic mass is 16.5. The lowest BCUT2D eigenvalue weighted by atomic mass is 10.1. The minimum atomic E-state index is 0.148. The Labute approximate surface area is 116 Å². The second kappa shape index (κ2) is 5.30. The first-order chi connectivity index (χ1) is 9.78. The second-order valence-corrected chi connectivity index (χ2v) is 4.56. The van der Waals surface area contributed by atoms with Crippen LogP contribution in [0.15, 0.2) is 42.9 Å². The van der Waals surface area contributed by atoms with Crippen LogP contribution in [0.3, 0.4) is 0 Å². The van der Waals surface area contributed by atoms with Gasteiger partial charge in [-0.2, -0.15) is 0 Å². The zero-order valence-corrected chi connectivity index (χ0v) is 11.2. The molecular weight excluding hydrogens is 254 g/mol. The molecule has 20 heavy (non-hydrogen) atoms. The third-order valence-corrected chi connectivity index (χ3v) is 3.15. The predicted octanol–water partition coefficient (Wildman–Crippen LogP) is 2.30. The number of ether oxygens (including phenoxy) is 1. The van der Waals surface area contributed by atoms with E-state index in [0.717, 1.165) is 16.6 Å². The molecule has 2 heterocycles. The molecule has 0 amide bonds. The number of benzene rings is 1. The highest BCUT2D eigenvalue weighted by molar-refractivity contribution is 5.80. The maximum Gasteiger partial charge on any atom is 0.247 e.